The van der Waals surface area contributed by atoms with E-state index in [4.69, 9.17) is 15.2 Å². The first-order chi connectivity index (χ1) is 17.4. The number of anilines is 1. The summed E-state index contributed by atoms with van der Waals surface area (Å²) >= 11 is 0. The lowest BCUT2D eigenvalue weighted by molar-refractivity contribution is -0.146. The molecule has 2 fully saturated rings. The van der Waals surface area contributed by atoms with Crippen LogP contribution in [0, 0.1) is 5.92 Å². The topological polar surface area (TPSA) is 140 Å². The number of rotatable bonds is 4. The Kier molecular flexibility index (Phi) is 7.81. The maximum atomic E-state index is 13.5. The largest absolute Gasteiger partial charge is 0.495 e. The van der Waals surface area contributed by atoms with E-state index in [1.807, 2.05) is 18.2 Å². The number of nitrogens with zero attached hydrogens (tertiary/aromatic N) is 1. The number of carbonyl (C=O) groups excluding carboxylic acids is 4. The van der Waals surface area contributed by atoms with E-state index in [-0.39, 0.29) is 17.7 Å². The molecule has 10 heteroatoms. The summed E-state index contributed by atoms with van der Waals surface area (Å²) in [6.45, 7) is 0.374. The van der Waals surface area contributed by atoms with Crippen LogP contribution in [-0.2, 0) is 19.1 Å². The van der Waals surface area contributed by atoms with Gasteiger partial charge in [-0.15, -0.1) is 0 Å². The molecule has 1 saturated carbocycles. The van der Waals surface area contributed by atoms with Crippen LogP contribution in [0.2, 0.25) is 0 Å². The highest BCUT2D eigenvalue weighted by Gasteiger charge is 2.60. The molecule has 0 aromatic heterocycles. The highest BCUT2D eigenvalue weighted by molar-refractivity contribution is 6.05. The molecule has 194 valence electrons. The zero-order valence-electron chi connectivity index (χ0n) is 20.5. The van der Waals surface area contributed by atoms with Gasteiger partial charge in [-0.05, 0) is 57.1 Å². The number of allylic oxidation sites excluding steroid dienone is 1. The lowest BCUT2D eigenvalue weighted by Gasteiger charge is -2.29. The molecule has 1 aromatic rings. The fourth-order valence-electron chi connectivity index (χ4n) is 5.16. The second kappa shape index (κ2) is 11.0. The number of nitrogens with two attached hydrogens (primary N) is 1. The summed E-state index contributed by atoms with van der Waals surface area (Å²) in [5, 5.41) is 5.88. The fraction of sp³-hybridized carbons (Fsp3) is 0.538. The summed E-state index contributed by atoms with van der Waals surface area (Å²) in [6.07, 6.45) is 7.15. The number of para-hydroxylation sites is 2. The number of benzene rings is 1. The minimum Gasteiger partial charge on any atom is -0.495 e. The van der Waals surface area contributed by atoms with Crippen LogP contribution in [0.3, 0.4) is 0 Å². The third-order valence-corrected chi connectivity index (χ3v) is 7.20. The molecular formula is C26H34N4O6. The van der Waals surface area contributed by atoms with E-state index < -0.39 is 29.7 Å². The number of primary amides is 1. The maximum absolute atomic E-state index is 13.5. The Bertz CT molecular complexity index is 1040. The molecule has 2 aliphatic heterocycles. The van der Waals surface area contributed by atoms with E-state index in [1.165, 1.54) is 12.0 Å². The van der Waals surface area contributed by atoms with Gasteiger partial charge in [-0.2, -0.15) is 0 Å². The van der Waals surface area contributed by atoms with Crippen molar-refractivity contribution in [3.05, 3.63) is 36.4 Å². The van der Waals surface area contributed by atoms with Crippen molar-refractivity contribution in [1.82, 2.24) is 10.2 Å². The Morgan fingerprint density at radius 1 is 1.14 bits per heavy atom. The Balaban J connectivity index is 1.58. The van der Waals surface area contributed by atoms with Gasteiger partial charge >= 0.3 is 6.09 Å². The van der Waals surface area contributed by atoms with Crippen LogP contribution in [0.1, 0.15) is 51.4 Å². The lowest BCUT2D eigenvalue weighted by Crippen LogP contribution is -2.55. The summed E-state index contributed by atoms with van der Waals surface area (Å²) in [5.74, 6) is -0.770. The van der Waals surface area contributed by atoms with Gasteiger partial charge in [0.15, 0.2) is 6.10 Å². The number of methoxy groups -OCH3 is 1. The molecule has 0 radical (unpaired) electrons. The summed E-state index contributed by atoms with van der Waals surface area (Å²) < 4.78 is 10.5. The Morgan fingerprint density at radius 2 is 1.94 bits per heavy atom. The van der Waals surface area contributed by atoms with Gasteiger partial charge in [-0.1, -0.05) is 30.7 Å². The standard InChI is InChI=1S/C26H34N4O6/c1-35-20-13-8-7-11-18(20)28-24(33)26-16-17(26)10-5-3-2-4-6-14-21(36-25(27)34)23(32)30-15-9-12-19(30)22(31)29-26/h5,7-8,10-11,13,17,19,21H,2-4,6,9,12,14-16H2,1H3,(H2,27,34)(H,28,33)(H,29,31)/b10-5+. The smallest absolute Gasteiger partial charge is 0.405 e. The first-order valence-corrected chi connectivity index (χ1v) is 12.6. The molecule has 10 nitrogen and oxygen atoms in total. The first kappa shape index (κ1) is 25.5. The summed E-state index contributed by atoms with van der Waals surface area (Å²) in [7, 11) is 1.53. The van der Waals surface area contributed by atoms with Crippen molar-refractivity contribution in [2.45, 2.75) is 69.1 Å². The molecule has 36 heavy (non-hydrogen) atoms. The van der Waals surface area contributed by atoms with Crippen LogP contribution >= 0.6 is 0 Å². The predicted molar refractivity (Wildman–Crippen MR) is 132 cm³/mol. The van der Waals surface area contributed by atoms with Gasteiger partial charge in [0.2, 0.25) is 5.91 Å². The number of ether oxygens (including phenoxy) is 2. The number of hydrogen-bond donors (Lipinski definition) is 3. The summed E-state index contributed by atoms with van der Waals surface area (Å²) in [5.41, 5.74) is 4.62. The van der Waals surface area contributed by atoms with Crippen molar-refractivity contribution in [2.75, 3.05) is 19.0 Å². The number of hydrogen-bond acceptors (Lipinski definition) is 6. The minimum absolute atomic E-state index is 0.155. The van der Waals surface area contributed by atoms with E-state index >= 15 is 0 Å². The summed E-state index contributed by atoms with van der Waals surface area (Å²) in [6, 6.07) is 6.34. The first-order valence-electron chi connectivity index (χ1n) is 12.6. The predicted octanol–water partition coefficient (Wildman–Crippen LogP) is 2.48. The Labute approximate surface area is 210 Å². The zero-order chi connectivity index (χ0) is 25.7. The van der Waals surface area contributed by atoms with Crippen molar-refractivity contribution in [3.8, 4) is 5.75 Å². The van der Waals surface area contributed by atoms with E-state index in [1.54, 1.807) is 18.2 Å². The van der Waals surface area contributed by atoms with Crippen molar-refractivity contribution in [2.24, 2.45) is 11.7 Å². The fourth-order valence-corrected chi connectivity index (χ4v) is 5.16. The maximum Gasteiger partial charge on any atom is 0.405 e. The van der Waals surface area contributed by atoms with Crippen LogP contribution in [0.4, 0.5) is 10.5 Å². The van der Waals surface area contributed by atoms with Gasteiger partial charge in [-0.3, -0.25) is 14.4 Å². The second-order valence-corrected chi connectivity index (χ2v) is 9.61. The van der Waals surface area contributed by atoms with Gasteiger partial charge in [-0.25, -0.2) is 4.79 Å². The SMILES string of the molecule is COc1ccccc1NC(=O)C12CC1/C=C/CCCCCC(OC(N)=O)C(=O)N1CCCC1C(=O)N2. The van der Waals surface area contributed by atoms with E-state index in [9.17, 15) is 19.2 Å². The zero-order valence-corrected chi connectivity index (χ0v) is 20.5. The third-order valence-electron chi connectivity index (χ3n) is 7.20. The highest BCUT2D eigenvalue weighted by Crippen LogP contribution is 2.46. The molecule has 2 heterocycles. The van der Waals surface area contributed by atoms with E-state index in [0.29, 0.717) is 50.1 Å². The second-order valence-electron chi connectivity index (χ2n) is 9.61. The molecule has 4 amide bonds. The van der Waals surface area contributed by atoms with Gasteiger partial charge in [0.1, 0.15) is 17.3 Å². The van der Waals surface area contributed by atoms with Gasteiger partial charge in [0.05, 0.1) is 12.8 Å². The van der Waals surface area contributed by atoms with Crippen LogP contribution in [0.15, 0.2) is 36.4 Å². The van der Waals surface area contributed by atoms with Crippen molar-refractivity contribution in [1.29, 1.82) is 0 Å². The molecule has 3 aliphatic rings. The monoisotopic (exact) mass is 498 g/mol. The molecule has 0 bridgehead atoms. The Hall–Kier alpha value is -3.56. The van der Waals surface area contributed by atoms with Gasteiger partial charge in [0, 0.05) is 12.5 Å². The number of amides is 4. The molecular weight excluding hydrogens is 464 g/mol. The molecule has 4 N–H and O–H groups in total. The molecule has 4 unspecified atom stereocenters. The van der Waals surface area contributed by atoms with Crippen LogP contribution in [-0.4, -0.2) is 60.1 Å². The number of nitrogens with one attached hydrogen (secondary N) is 2. The Morgan fingerprint density at radius 3 is 2.72 bits per heavy atom. The average molecular weight is 499 g/mol. The minimum atomic E-state index is -1.12. The van der Waals surface area contributed by atoms with Crippen molar-refractivity contribution in [3.63, 3.8) is 0 Å². The molecule has 1 saturated heterocycles. The van der Waals surface area contributed by atoms with Crippen molar-refractivity contribution < 1.29 is 28.7 Å². The lowest BCUT2D eigenvalue weighted by atomic mass is 10.1. The van der Waals surface area contributed by atoms with Crippen molar-refractivity contribution >= 4 is 29.5 Å². The van der Waals surface area contributed by atoms with Crippen LogP contribution in [0.5, 0.6) is 5.75 Å². The molecule has 1 aliphatic carbocycles. The quantitative estimate of drug-likeness (QED) is 0.545. The normalized spacial score (nSPS) is 29.5. The van der Waals surface area contributed by atoms with Gasteiger partial charge in [0.25, 0.3) is 11.8 Å². The van der Waals surface area contributed by atoms with E-state index in [0.717, 1.165) is 19.3 Å². The average Bonchev–Trinajstić information content (AvgIpc) is 3.32. The third kappa shape index (κ3) is 5.47. The molecule has 0 spiro atoms. The van der Waals surface area contributed by atoms with Crippen LogP contribution < -0.4 is 21.1 Å². The molecule has 1 aromatic carbocycles. The molecule has 4 atom stereocenters. The summed E-state index contributed by atoms with van der Waals surface area (Å²) in [4.78, 5) is 53.1. The molecule has 4 rings (SSSR count). The van der Waals surface area contributed by atoms with Crippen LogP contribution in [0.25, 0.3) is 0 Å². The number of carbonyl (C=O) groups is 4. The number of fused-ring (bicyclic) bond motifs is 2. The van der Waals surface area contributed by atoms with Gasteiger partial charge < -0.3 is 30.7 Å². The van der Waals surface area contributed by atoms with E-state index in [2.05, 4.69) is 10.6 Å². The highest BCUT2D eigenvalue weighted by atomic mass is 16.6.